The van der Waals surface area contributed by atoms with Crippen LogP contribution < -0.4 is 11.1 Å². The lowest BCUT2D eigenvalue weighted by atomic mass is 9.84. The summed E-state index contributed by atoms with van der Waals surface area (Å²) in [5.41, 5.74) is 6.28. The first-order chi connectivity index (χ1) is 8.13. The van der Waals surface area contributed by atoms with Crippen molar-refractivity contribution >= 4 is 34.1 Å². The number of anilines is 1. The molecule has 1 aliphatic carbocycles. The Bertz CT molecular complexity index is 396. The van der Waals surface area contributed by atoms with Crippen LogP contribution in [0.25, 0.3) is 0 Å². The number of nitrogens with one attached hydrogen (secondary N) is 1. The van der Waals surface area contributed by atoms with Crippen LogP contribution in [0.3, 0.4) is 0 Å². The molecule has 0 saturated heterocycles. The fraction of sp³-hybridized carbons (Fsp3) is 0.636. The minimum absolute atomic E-state index is 0.0376. The number of thiazole rings is 1. The van der Waals surface area contributed by atoms with E-state index in [1.165, 1.54) is 30.6 Å². The molecule has 2 rings (SSSR count). The average Bonchev–Trinajstić information content (AvgIpc) is 2.63. The number of nitrogens with zero attached hydrogens (tertiary/aromatic N) is 1. The van der Waals surface area contributed by atoms with Crippen LogP contribution in [0.2, 0.25) is 0 Å². The molecule has 1 amide bonds. The third-order valence-corrected chi connectivity index (χ3v) is 5.36. The van der Waals surface area contributed by atoms with E-state index in [1.807, 2.05) is 17.1 Å². The van der Waals surface area contributed by atoms with Crippen molar-refractivity contribution in [3.05, 3.63) is 11.1 Å². The van der Waals surface area contributed by atoms with Gasteiger partial charge in [0.2, 0.25) is 5.91 Å². The van der Waals surface area contributed by atoms with Crippen LogP contribution in [-0.4, -0.2) is 28.4 Å². The number of rotatable bonds is 5. The second kappa shape index (κ2) is 5.27. The molecule has 6 heteroatoms. The molecule has 17 heavy (non-hydrogen) atoms. The molecule has 1 aromatic heterocycles. The van der Waals surface area contributed by atoms with Gasteiger partial charge in [-0.15, -0.1) is 11.3 Å². The normalized spacial score (nSPS) is 17.5. The van der Waals surface area contributed by atoms with E-state index in [9.17, 15) is 4.79 Å². The lowest BCUT2D eigenvalue weighted by Crippen LogP contribution is -2.45. The summed E-state index contributed by atoms with van der Waals surface area (Å²) in [6.07, 6.45) is 6.14. The van der Waals surface area contributed by atoms with E-state index in [1.54, 1.807) is 0 Å². The molecule has 0 spiro atoms. The monoisotopic (exact) mass is 271 g/mol. The summed E-state index contributed by atoms with van der Waals surface area (Å²) < 4.78 is 0.288. The molecule has 3 N–H and O–H groups in total. The molecule has 0 aromatic carbocycles. The van der Waals surface area contributed by atoms with Gasteiger partial charge >= 0.3 is 0 Å². The summed E-state index contributed by atoms with van der Waals surface area (Å²) in [7, 11) is 0. The number of carbonyl (C=O) groups excluding carboxylic acids is 1. The molecule has 0 radical (unpaired) electrons. The molecule has 1 aromatic rings. The van der Waals surface area contributed by atoms with Crippen molar-refractivity contribution in [1.82, 2.24) is 10.3 Å². The van der Waals surface area contributed by atoms with Gasteiger partial charge in [0.25, 0.3) is 0 Å². The Kier molecular flexibility index (Phi) is 3.93. The van der Waals surface area contributed by atoms with Gasteiger partial charge in [-0.3, -0.25) is 4.79 Å². The van der Waals surface area contributed by atoms with Crippen molar-refractivity contribution in [3.8, 4) is 0 Å². The lowest BCUT2D eigenvalue weighted by molar-refractivity contribution is -0.120. The number of thioether (sulfide) groups is 1. The van der Waals surface area contributed by atoms with Crippen molar-refractivity contribution in [2.75, 3.05) is 18.5 Å². The van der Waals surface area contributed by atoms with E-state index < -0.39 is 0 Å². The molecule has 0 unspecified atom stereocenters. The standard InChI is InChI=1S/C11H17N3OS2/c1-16-11(3-2-4-11)7-13-9(15)5-8-6-17-10(12)14-8/h6H,2-5,7H2,1H3,(H2,12,14)(H,13,15). The van der Waals surface area contributed by atoms with E-state index in [2.05, 4.69) is 16.6 Å². The third-order valence-electron chi connectivity index (χ3n) is 3.22. The van der Waals surface area contributed by atoms with Gasteiger partial charge < -0.3 is 11.1 Å². The fourth-order valence-electron chi connectivity index (χ4n) is 1.91. The number of aromatic nitrogens is 1. The van der Waals surface area contributed by atoms with Gasteiger partial charge in [0.1, 0.15) is 0 Å². The Morgan fingerprint density at radius 1 is 1.71 bits per heavy atom. The zero-order chi connectivity index (χ0) is 12.3. The van der Waals surface area contributed by atoms with E-state index in [0.717, 1.165) is 12.2 Å². The molecule has 0 aliphatic heterocycles. The van der Waals surface area contributed by atoms with Crippen molar-refractivity contribution < 1.29 is 4.79 Å². The van der Waals surface area contributed by atoms with E-state index in [0.29, 0.717) is 11.6 Å². The van der Waals surface area contributed by atoms with Crippen LogP contribution in [0, 0.1) is 0 Å². The predicted molar refractivity (Wildman–Crippen MR) is 73.3 cm³/mol. The van der Waals surface area contributed by atoms with Gasteiger partial charge in [-0.25, -0.2) is 4.98 Å². The first-order valence-corrected chi connectivity index (χ1v) is 7.76. The number of amides is 1. The molecule has 1 heterocycles. The van der Waals surface area contributed by atoms with Gasteiger partial charge in [-0.1, -0.05) is 6.42 Å². The molecule has 1 fully saturated rings. The van der Waals surface area contributed by atoms with Crippen LogP contribution >= 0.6 is 23.1 Å². The molecule has 4 nitrogen and oxygen atoms in total. The molecule has 0 bridgehead atoms. The summed E-state index contributed by atoms with van der Waals surface area (Å²) in [5.74, 6) is 0.0376. The topological polar surface area (TPSA) is 68.0 Å². The maximum Gasteiger partial charge on any atom is 0.226 e. The van der Waals surface area contributed by atoms with Crippen LogP contribution in [-0.2, 0) is 11.2 Å². The largest absolute Gasteiger partial charge is 0.375 e. The second-order valence-corrected chi connectivity index (χ2v) is 6.54. The molecule has 1 aliphatic rings. The van der Waals surface area contributed by atoms with Crippen LogP contribution in [0.1, 0.15) is 25.0 Å². The zero-order valence-electron chi connectivity index (χ0n) is 9.86. The number of nitrogens with two attached hydrogens (primary N) is 1. The van der Waals surface area contributed by atoms with Crippen LogP contribution in [0.4, 0.5) is 5.13 Å². The fourth-order valence-corrected chi connectivity index (χ4v) is 3.39. The Balaban J connectivity index is 1.78. The predicted octanol–water partition coefficient (Wildman–Crippen LogP) is 1.67. The molecule has 1 saturated carbocycles. The van der Waals surface area contributed by atoms with Crippen molar-refractivity contribution in [1.29, 1.82) is 0 Å². The van der Waals surface area contributed by atoms with Gasteiger partial charge in [0.05, 0.1) is 12.1 Å². The van der Waals surface area contributed by atoms with Crippen molar-refractivity contribution in [2.45, 2.75) is 30.4 Å². The highest BCUT2D eigenvalue weighted by Crippen LogP contribution is 2.42. The van der Waals surface area contributed by atoms with Gasteiger partial charge in [-0.05, 0) is 19.1 Å². The number of hydrogen-bond acceptors (Lipinski definition) is 5. The Hall–Kier alpha value is -0.750. The summed E-state index contributed by atoms with van der Waals surface area (Å²) in [6.45, 7) is 0.770. The third kappa shape index (κ3) is 3.13. The second-order valence-electron chi connectivity index (χ2n) is 4.37. The maximum atomic E-state index is 11.7. The highest BCUT2D eigenvalue weighted by Gasteiger charge is 2.36. The van der Waals surface area contributed by atoms with Gasteiger partial charge in [0.15, 0.2) is 5.13 Å². The Morgan fingerprint density at radius 2 is 2.47 bits per heavy atom. The lowest BCUT2D eigenvalue weighted by Gasteiger charge is -2.40. The van der Waals surface area contributed by atoms with Crippen LogP contribution in [0.5, 0.6) is 0 Å². The van der Waals surface area contributed by atoms with E-state index in [4.69, 9.17) is 5.73 Å². The van der Waals surface area contributed by atoms with Crippen molar-refractivity contribution in [3.63, 3.8) is 0 Å². The smallest absolute Gasteiger partial charge is 0.226 e. The first kappa shape index (κ1) is 12.7. The highest BCUT2D eigenvalue weighted by atomic mass is 32.2. The summed E-state index contributed by atoms with van der Waals surface area (Å²) >= 11 is 3.24. The molecule has 94 valence electrons. The van der Waals surface area contributed by atoms with Crippen molar-refractivity contribution in [2.24, 2.45) is 0 Å². The van der Waals surface area contributed by atoms with Crippen LogP contribution in [0.15, 0.2) is 5.38 Å². The Morgan fingerprint density at radius 3 is 2.94 bits per heavy atom. The highest BCUT2D eigenvalue weighted by molar-refractivity contribution is 8.00. The number of hydrogen-bond donors (Lipinski definition) is 2. The van der Waals surface area contributed by atoms with Gasteiger partial charge in [0, 0.05) is 16.7 Å². The molecular formula is C11H17N3OS2. The minimum Gasteiger partial charge on any atom is -0.375 e. The summed E-state index contributed by atoms with van der Waals surface area (Å²) in [6, 6.07) is 0. The van der Waals surface area contributed by atoms with E-state index >= 15 is 0 Å². The molecule has 0 atom stereocenters. The first-order valence-electron chi connectivity index (χ1n) is 5.65. The summed E-state index contributed by atoms with van der Waals surface area (Å²) in [4.78, 5) is 15.8. The van der Waals surface area contributed by atoms with Gasteiger partial charge in [-0.2, -0.15) is 11.8 Å². The SMILES string of the molecule is CSC1(CNC(=O)Cc2csc(N)n2)CCC1. The minimum atomic E-state index is 0.0376. The number of nitrogen functional groups attached to an aromatic ring is 1. The van der Waals surface area contributed by atoms with E-state index in [-0.39, 0.29) is 10.7 Å². The number of carbonyl (C=O) groups is 1. The molecular weight excluding hydrogens is 254 g/mol. The quantitative estimate of drug-likeness (QED) is 0.855. The Labute approximate surface area is 109 Å². The zero-order valence-corrected chi connectivity index (χ0v) is 11.5. The maximum absolute atomic E-state index is 11.7. The average molecular weight is 271 g/mol. The summed E-state index contributed by atoms with van der Waals surface area (Å²) in [5, 5.41) is 5.35.